The highest BCUT2D eigenvalue weighted by atomic mass is 32.2. The van der Waals surface area contributed by atoms with Gasteiger partial charge in [-0.1, -0.05) is 0 Å². The SMILES string of the molecule is CCN(CCC#N)C(=O)NC(CCS(C)(=O)=O)C(=O)O. The van der Waals surface area contributed by atoms with Crippen LogP contribution in [0.5, 0.6) is 0 Å². The number of nitrogens with one attached hydrogen (secondary N) is 1. The molecule has 0 bridgehead atoms. The molecule has 0 aromatic rings. The number of hydrogen-bond donors (Lipinski definition) is 2. The molecule has 9 heteroatoms. The molecule has 0 aliphatic carbocycles. The summed E-state index contributed by atoms with van der Waals surface area (Å²) in [5.74, 6) is -1.62. The first-order valence-corrected chi connectivity index (χ1v) is 8.10. The van der Waals surface area contributed by atoms with Crippen molar-refractivity contribution in [3.8, 4) is 6.07 Å². The minimum absolute atomic E-state index is 0.141. The fourth-order valence-electron chi connectivity index (χ4n) is 1.42. The van der Waals surface area contributed by atoms with E-state index in [0.29, 0.717) is 6.54 Å². The molecule has 2 N–H and O–H groups in total. The van der Waals surface area contributed by atoms with Crippen molar-refractivity contribution in [3.63, 3.8) is 0 Å². The number of carboxylic acids is 1. The van der Waals surface area contributed by atoms with Crippen LogP contribution in [0.2, 0.25) is 0 Å². The number of urea groups is 1. The molecule has 0 saturated heterocycles. The first kappa shape index (κ1) is 18.2. The van der Waals surface area contributed by atoms with Crippen molar-refractivity contribution in [2.24, 2.45) is 0 Å². The maximum Gasteiger partial charge on any atom is 0.326 e. The Morgan fingerprint density at radius 2 is 2.05 bits per heavy atom. The van der Waals surface area contributed by atoms with Gasteiger partial charge in [0.15, 0.2) is 0 Å². The number of carboxylic acid groups (broad SMARTS) is 1. The van der Waals surface area contributed by atoms with Gasteiger partial charge in [-0.05, 0) is 13.3 Å². The van der Waals surface area contributed by atoms with E-state index >= 15 is 0 Å². The number of carbonyl (C=O) groups excluding carboxylic acids is 1. The van der Waals surface area contributed by atoms with Crippen LogP contribution >= 0.6 is 0 Å². The second-order valence-corrected chi connectivity index (χ2v) is 6.51. The van der Waals surface area contributed by atoms with Crippen molar-refractivity contribution in [1.82, 2.24) is 10.2 Å². The van der Waals surface area contributed by atoms with Crippen LogP contribution in [0.1, 0.15) is 19.8 Å². The molecule has 0 aliphatic heterocycles. The number of carbonyl (C=O) groups is 2. The van der Waals surface area contributed by atoms with Gasteiger partial charge in [-0.3, -0.25) is 0 Å². The lowest BCUT2D eigenvalue weighted by molar-refractivity contribution is -0.139. The monoisotopic (exact) mass is 305 g/mol. The molecule has 1 atom stereocenters. The molecule has 0 aliphatic rings. The molecule has 0 saturated carbocycles. The summed E-state index contributed by atoms with van der Waals surface area (Å²) in [7, 11) is -3.30. The molecule has 8 nitrogen and oxygen atoms in total. The molecule has 0 heterocycles. The minimum atomic E-state index is -3.30. The summed E-state index contributed by atoms with van der Waals surface area (Å²) >= 11 is 0. The van der Waals surface area contributed by atoms with E-state index in [2.05, 4.69) is 5.32 Å². The molecule has 0 radical (unpaired) electrons. The zero-order chi connectivity index (χ0) is 15.8. The number of nitriles is 1. The van der Waals surface area contributed by atoms with Gasteiger partial charge in [-0.2, -0.15) is 5.26 Å². The molecule has 114 valence electrons. The van der Waals surface area contributed by atoms with E-state index in [9.17, 15) is 18.0 Å². The van der Waals surface area contributed by atoms with Gasteiger partial charge in [0.05, 0.1) is 18.2 Å². The zero-order valence-corrected chi connectivity index (χ0v) is 12.3. The summed E-state index contributed by atoms with van der Waals surface area (Å²) in [6, 6.07) is -0.000451. The lowest BCUT2D eigenvalue weighted by Crippen LogP contribution is -2.48. The Balaban J connectivity index is 4.61. The van der Waals surface area contributed by atoms with Gasteiger partial charge < -0.3 is 15.3 Å². The van der Waals surface area contributed by atoms with Gasteiger partial charge in [0.2, 0.25) is 0 Å². The van der Waals surface area contributed by atoms with Crippen LogP contribution in [0.15, 0.2) is 0 Å². The number of nitrogens with zero attached hydrogens (tertiary/aromatic N) is 2. The predicted molar refractivity (Wildman–Crippen MR) is 71.8 cm³/mol. The third kappa shape index (κ3) is 7.58. The van der Waals surface area contributed by atoms with E-state index in [1.165, 1.54) is 4.90 Å². The Kier molecular flexibility index (Phi) is 7.61. The highest BCUT2D eigenvalue weighted by Gasteiger charge is 2.23. The molecule has 1 unspecified atom stereocenters. The normalized spacial score (nSPS) is 12.2. The van der Waals surface area contributed by atoms with E-state index in [-0.39, 0.29) is 25.1 Å². The highest BCUT2D eigenvalue weighted by molar-refractivity contribution is 7.90. The Bertz CT molecular complexity index is 483. The number of aliphatic carboxylic acids is 1. The lowest BCUT2D eigenvalue weighted by Gasteiger charge is -2.23. The average molecular weight is 305 g/mol. The molecule has 0 rings (SSSR count). The maximum atomic E-state index is 11.8. The van der Waals surface area contributed by atoms with Crippen molar-refractivity contribution in [2.45, 2.75) is 25.8 Å². The molecular weight excluding hydrogens is 286 g/mol. The van der Waals surface area contributed by atoms with Crippen LogP contribution in [0, 0.1) is 11.3 Å². The number of sulfone groups is 1. The summed E-state index contributed by atoms with van der Waals surface area (Å²) in [5, 5.41) is 19.7. The Hall–Kier alpha value is -1.82. The van der Waals surface area contributed by atoms with E-state index in [0.717, 1.165) is 6.26 Å². The largest absolute Gasteiger partial charge is 0.480 e. The Morgan fingerprint density at radius 1 is 1.45 bits per heavy atom. The van der Waals surface area contributed by atoms with Gasteiger partial charge in [0.25, 0.3) is 0 Å². The summed E-state index contributed by atoms with van der Waals surface area (Å²) in [6.07, 6.45) is 0.942. The van der Waals surface area contributed by atoms with Gasteiger partial charge in [0.1, 0.15) is 15.9 Å². The lowest BCUT2D eigenvalue weighted by atomic mass is 10.2. The topological polar surface area (TPSA) is 128 Å². The second kappa shape index (κ2) is 8.37. The number of rotatable bonds is 8. The maximum absolute atomic E-state index is 11.8. The fraction of sp³-hybridized carbons (Fsp3) is 0.727. The van der Waals surface area contributed by atoms with Crippen molar-refractivity contribution in [1.29, 1.82) is 5.26 Å². The third-order valence-corrected chi connectivity index (χ3v) is 3.51. The zero-order valence-electron chi connectivity index (χ0n) is 11.5. The van der Waals surface area contributed by atoms with E-state index in [4.69, 9.17) is 10.4 Å². The van der Waals surface area contributed by atoms with Crippen molar-refractivity contribution in [3.05, 3.63) is 0 Å². The smallest absolute Gasteiger partial charge is 0.326 e. The van der Waals surface area contributed by atoms with Crippen LogP contribution in [0.3, 0.4) is 0 Å². The molecular formula is C11H19N3O5S. The Labute approximate surface area is 118 Å². The van der Waals surface area contributed by atoms with Gasteiger partial charge in [0, 0.05) is 19.3 Å². The van der Waals surface area contributed by atoms with Crippen LogP contribution in [0.25, 0.3) is 0 Å². The van der Waals surface area contributed by atoms with E-state index in [1.807, 2.05) is 6.07 Å². The van der Waals surface area contributed by atoms with E-state index < -0.39 is 27.9 Å². The van der Waals surface area contributed by atoms with Crippen LogP contribution in [0.4, 0.5) is 4.79 Å². The molecule has 0 spiro atoms. The minimum Gasteiger partial charge on any atom is -0.480 e. The Morgan fingerprint density at radius 3 is 2.45 bits per heavy atom. The third-order valence-electron chi connectivity index (χ3n) is 2.54. The molecule has 0 aromatic carbocycles. The average Bonchev–Trinajstić information content (AvgIpc) is 2.33. The first-order valence-electron chi connectivity index (χ1n) is 6.04. The quantitative estimate of drug-likeness (QED) is 0.640. The highest BCUT2D eigenvalue weighted by Crippen LogP contribution is 2.00. The summed E-state index contributed by atoms with van der Waals surface area (Å²) in [4.78, 5) is 24.1. The molecule has 0 fully saturated rings. The first-order chi connectivity index (χ1) is 9.21. The summed E-state index contributed by atoms with van der Waals surface area (Å²) < 4.78 is 22.0. The molecule has 0 aromatic heterocycles. The van der Waals surface area contributed by atoms with E-state index in [1.54, 1.807) is 6.92 Å². The van der Waals surface area contributed by atoms with Crippen LogP contribution in [-0.4, -0.2) is 61.6 Å². The number of amides is 2. The predicted octanol–water partition coefficient (Wildman–Crippen LogP) is -0.181. The van der Waals surface area contributed by atoms with Crippen molar-refractivity contribution < 1.29 is 23.1 Å². The molecule has 20 heavy (non-hydrogen) atoms. The number of hydrogen-bond acceptors (Lipinski definition) is 5. The second-order valence-electron chi connectivity index (χ2n) is 4.25. The standard InChI is InChI=1S/C11H19N3O5S/c1-3-14(7-4-6-12)11(17)13-9(10(15)16)5-8-20(2,18)19/h9H,3-5,7-8H2,1-2H3,(H,13,17)(H,15,16). The van der Waals surface area contributed by atoms with Gasteiger partial charge in [-0.15, -0.1) is 0 Å². The fourth-order valence-corrected chi connectivity index (χ4v) is 2.08. The van der Waals surface area contributed by atoms with Crippen LogP contribution < -0.4 is 5.32 Å². The summed E-state index contributed by atoms with van der Waals surface area (Å²) in [5.41, 5.74) is 0. The van der Waals surface area contributed by atoms with Crippen molar-refractivity contribution >= 4 is 21.8 Å². The molecule has 2 amide bonds. The van der Waals surface area contributed by atoms with Crippen molar-refractivity contribution in [2.75, 3.05) is 25.1 Å². The van der Waals surface area contributed by atoms with Crippen LogP contribution in [-0.2, 0) is 14.6 Å². The summed E-state index contributed by atoms with van der Waals surface area (Å²) in [6.45, 7) is 2.21. The van der Waals surface area contributed by atoms with Gasteiger partial charge >= 0.3 is 12.0 Å². The van der Waals surface area contributed by atoms with Gasteiger partial charge in [-0.25, -0.2) is 18.0 Å².